The summed E-state index contributed by atoms with van der Waals surface area (Å²) in [5, 5.41) is 0. The maximum absolute atomic E-state index is 12.4. The van der Waals surface area contributed by atoms with Crippen molar-refractivity contribution in [2.24, 2.45) is 5.92 Å². The fourth-order valence-electron chi connectivity index (χ4n) is 2.70. The molecule has 2 fully saturated rings. The summed E-state index contributed by atoms with van der Waals surface area (Å²) in [5.74, 6) is 1.08. The van der Waals surface area contributed by atoms with Crippen LogP contribution in [0.4, 0.5) is 0 Å². The normalized spacial score (nSPS) is 21.2. The number of hydrogen-bond acceptors (Lipinski definition) is 3. The van der Waals surface area contributed by atoms with E-state index < -0.39 is 0 Å². The first-order chi connectivity index (χ1) is 9.33. The van der Waals surface area contributed by atoms with Gasteiger partial charge in [0.1, 0.15) is 0 Å². The maximum atomic E-state index is 12.4. The molecule has 4 heteroatoms. The Hall–Kier alpha value is -1.42. The van der Waals surface area contributed by atoms with Gasteiger partial charge in [0, 0.05) is 44.1 Å². The molecule has 0 unspecified atom stereocenters. The van der Waals surface area contributed by atoms with Crippen LogP contribution in [0.15, 0.2) is 24.5 Å². The number of carbonyl (C=O) groups excluding carboxylic acids is 1. The molecule has 0 atom stereocenters. The largest absolute Gasteiger partial charge is 0.337 e. The van der Waals surface area contributed by atoms with Crippen molar-refractivity contribution in [2.75, 3.05) is 32.7 Å². The monoisotopic (exact) mass is 259 g/mol. The Bertz CT molecular complexity index is 430. The summed E-state index contributed by atoms with van der Waals surface area (Å²) in [6.07, 6.45) is 7.25. The van der Waals surface area contributed by atoms with Crippen molar-refractivity contribution in [3.05, 3.63) is 30.1 Å². The lowest BCUT2D eigenvalue weighted by atomic mass is 10.2. The highest BCUT2D eigenvalue weighted by atomic mass is 16.2. The van der Waals surface area contributed by atoms with E-state index in [1.807, 2.05) is 4.90 Å². The van der Waals surface area contributed by atoms with Gasteiger partial charge in [-0.05, 0) is 43.9 Å². The molecule has 1 saturated carbocycles. The SMILES string of the molecule is O=C(c1ccncc1)N1CCCN(CC2CC2)CC1. The highest BCUT2D eigenvalue weighted by Gasteiger charge is 2.26. The van der Waals surface area contributed by atoms with Gasteiger partial charge in [-0.25, -0.2) is 0 Å². The molecule has 102 valence electrons. The van der Waals surface area contributed by atoms with Crippen LogP contribution in [0.5, 0.6) is 0 Å². The molecule has 1 saturated heterocycles. The molecule has 1 aromatic rings. The number of nitrogens with zero attached hydrogens (tertiary/aromatic N) is 3. The highest BCUT2D eigenvalue weighted by Crippen LogP contribution is 2.29. The quantitative estimate of drug-likeness (QED) is 0.828. The van der Waals surface area contributed by atoms with Gasteiger partial charge in [0.05, 0.1) is 0 Å². The van der Waals surface area contributed by atoms with E-state index in [9.17, 15) is 4.79 Å². The van der Waals surface area contributed by atoms with Crippen LogP contribution >= 0.6 is 0 Å². The summed E-state index contributed by atoms with van der Waals surface area (Å²) in [4.78, 5) is 20.9. The van der Waals surface area contributed by atoms with Crippen LogP contribution in [0.2, 0.25) is 0 Å². The first-order valence-electron chi connectivity index (χ1n) is 7.24. The number of aromatic nitrogens is 1. The van der Waals surface area contributed by atoms with Crippen LogP contribution in [-0.2, 0) is 0 Å². The summed E-state index contributed by atoms with van der Waals surface area (Å²) in [6.45, 7) is 5.12. The zero-order chi connectivity index (χ0) is 13.1. The Kier molecular flexibility index (Phi) is 3.78. The average molecular weight is 259 g/mol. The molecule has 0 bridgehead atoms. The Morgan fingerprint density at radius 3 is 2.68 bits per heavy atom. The van der Waals surface area contributed by atoms with E-state index in [2.05, 4.69) is 9.88 Å². The van der Waals surface area contributed by atoms with Crippen molar-refractivity contribution in [1.82, 2.24) is 14.8 Å². The van der Waals surface area contributed by atoms with Gasteiger partial charge in [-0.1, -0.05) is 0 Å². The van der Waals surface area contributed by atoms with Crippen molar-refractivity contribution in [2.45, 2.75) is 19.3 Å². The molecule has 1 amide bonds. The average Bonchev–Trinajstić information content (AvgIpc) is 3.27. The third-order valence-electron chi connectivity index (χ3n) is 4.02. The van der Waals surface area contributed by atoms with E-state index in [-0.39, 0.29) is 5.91 Å². The lowest BCUT2D eigenvalue weighted by Crippen LogP contribution is -2.35. The van der Waals surface area contributed by atoms with E-state index in [4.69, 9.17) is 0 Å². The maximum Gasteiger partial charge on any atom is 0.254 e. The van der Waals surface area contributed by atoms with Gasteiger partial charge < -0.3 is 9.80 Å². The van der Waals surface area contributed by atoms with Gasteiger partial charge in [0.25, 0.3) is 5.91 Å². The number of carbonyl (C=O) groups is 1. The van der Waals surface area contributed by atoms with Gasteiger partial charge in [-0.15, -0.1) is 0 Å². The Morgan fingerprint density at radius 1 is 1.16 bits per heavy atom. The lowest BCUT2D eigenvalue weighted by Gasteiger charge is -2.22. The number of hydrogen-bond donors (Lipinski definition) is 0. The van der Waals surface area contributed by atoms with Crippen LogP contribution in [0.3, 0.4) is 0 Å². The van der Waals surface area contributed by atoms with E-state index in [1.54, 1.807) is 24.5 Å². The molecular formula is C15H21N3O. The molecule has 2 heterocycles. The molecule has 1 aliphatic carbocycles. The van der Waals surface area contributed by atoms with Crippen LogP contribution in [-0.4, -0.2) is 53.4 Å². The number of pyridine rings is 1. The highest BCUT2D eigenvalue weighted by molar-refractivity contribution is 5.94. The fraction of sp³-hybridized carbons (Fsp3) is 0.600. The Balaban J connectivity index is 1.58. The standard InChI is InChI=1S/C15H21N3O/c19-15(14-4-6-16-7-5-14)18-9-1-8-17(10-11-18)12-13-2-3-13/h4-7,13H,1-3,8-12H2. The molecule has 4 nitrogen and oxygen atoms in total. The third-order valence-corrected chi connectivity index (χ3v) is 4.02. The van der Waals surface area contributed by atoms with Crippen molar-refractivity contribution >= 4 is 5.91 Å². The molecular weight excluding hydrogens is 238 g/mol. The first-order valence-corrected chi connectivity index (χ1v) is 7.24. The number of amides is 1. The Morgan fingerprint density at radius 2 is 1.95 bits per heavy atom. The summed E-state index contributed by atoms with van der Waals surface area (Å²) >= 11 is 0. The Labute approximate surface area is 114 Å². The van der Waals surface area contributed by atoms with E-state index >= 15 is 0 Å². The van der Waals surface area contributed by atoms with Crippen molar-refractivity contribution in [3.8, 4) is 0 Å². The van der Waals surface area contributed by atoms with E-state index in [1.165, 1.54) is 19.4 Å². The smallest absolute Gasteiger partial charge is 0.254 e. The molecule has 1 aliphatic heterocycles. The molecule has 0 aromatic carbocycles. The predicted molar refractivity (Wildman–Crippen MR) is 73.9 cm³/mol. The van der Waals surface area contributed by atoms with Crippen LogP contribution in [0.1, 0.15) is 29.6 Å². The zero-order valence-corrected chi connectivity index (χ0v) is 11.3. The van der Waals surface area contributed by atoms with Crippen molar-refractivity contribution < 1.29 is 4.79 Å². The topological polar surface area (TPSA) is 36.4 Å². The van der Waals surface area contributed by atoms with E-state index in [0.29, 0.717) is 0 Å². The minimum Gasteiger partial charge on any atom is -0.337 e. The zero-order valence-electron chi connectivity index (χ0n) is 11.3. The summed E-state index contributed by atoms with van der Waals surface area (Å²) < 4.78 is 0. The second-order valence-corrected chi connectivity index (χ2v) is 5.63. The molecule has 19 heavy (non-hydrogen) atoms. The summed E-state index contributed by atoms with van der Waals surface area (Å²) in [5.41, 5.74) is 0.755. The lowest BCUT2D eigenvalue weighted by molar-refractivity contribution is 0.0761. The molecule has 0 N–H and O–H groups in total. The van der Waals surface area contributed by atoms with Crippen molar-refractivity contribution in [3.63, 3.8) is 0 Å². The van der Waals surface area contributed by atoms with Gasteiger partial charge in [0.15, 0.2) is 0 Å². The van der Waals surface area contributed by atoms with Gasteiger partial charge in [-0.3, -0.25) is 9.78 Å². The second-order valence-electron chi connectivity index (χ2n) is 5.63. The van der Waals surface area contributed by atoms with Gasteiger partial charge in [-0.2, -0.15) is 0 Å². The fourth-order valence-corrected chi connectivity index (χ4v) is 2.70. The predicted octanol–water partition coefficient (Wildman–Crippen LogP) is 1.64. The van der Waals surface area contributed by atoms with Gasteiger partial charge >= 0.3 is 0 Å². The first kappa shape index (κ1) is 12.6. The molecule has 1 aromatic heterocycles. The van der Waals surface area contributed by atoms with E-state index in [0.717, 1.165) is 44.1 Å². The molecule has 0 radical (unpaired) electrons. The summed E-state index contributed by atoms with van der Waals surface area (Å²) in [6, 6.07) is 3.60. The minimum absolute atomic E-state index is 0.149. The van der Waals surface area contributed by atoms with Crippen molar-refractivity contribution in [1.29, 1.82) is 0 Å². The number of rotatable bonds is 3. The second kappa shape index (κ2) is 5.70. The van der Waals surface area contributed by atoms with Crippen LogP contribution < -0.4 is 0 Å². The summed E-state index contributed by atoms with van der Waals surface area (Å²) in [7, 11) is 0. The molecule has 2 aliphatic rings. The minimum atomic E-state index is 0.149. The third kappa shape index (κ3) is 3.32. The molecule has 0 spiro atoms. The van der Waals surface area contributed by atoms with Gasteiger partial charge in [0.2, 0.25) is 0 Å². The molecule has 3 rings (SSSR count). The van der Waals surface area contributed by atoms with Crippen LogP contribution in [0.25, 0.3) is 0 Å². The van der Waals surface area contributed by atoms with Crippen LogP contribution in [0, 0.1) is 5.92 Å².